The standard InChI is InChI=1S/C22H19N3OS2/c1-3-12-25-21(26)18-15(2)19(17-9-5-4-6-10-17)28-20(18)24-22(25)27-14-16-8-7-11-23-13-16/h3-11,13H,1,12,14H2,2H3. The molecule has 0 bridgehead atoms. The predicted octanol–water partition coefficient (Wildman–Crippen LogP) is 5.31. The first-order valence-electron chi connectivity index (χ1n) is 8.91. The van der Waals surface area contributed by atoms with Gasteiger partial charge in [0.05, 0.1) is 5.39 Å². The fourth-order valence-corrected chi connectivity index (χ4v) is 5.26. The maximum absolute atomic E-state index is 13.3. The van der Waals surface area contributed by atoms with E-state index in [2.05, 4.69) is 23.7 Å². The van der Waals surface area contributed by atoms with Crippen LogP contribution in [0.25, 0.3) is 20.7 Å². The molecule has 0 spiro atoms. The summed E-state index contributed by atoms with van der Waals surface area (Å²) in [5, 5.41) is 1.42. The molecule has 0 radical (unpaired) electrons. The number of aromatic nitrogens is 3. The van der Waals surface area contributed by atoms with Crippen molar-refractivity contribution >= 4 is 33.3 Å². The first-order chi connectivity index (χ1) is 13.7. The highest BCUT2D eigenvalue weighted by Crippen LogP contribution is 2.36. The number of nitrogens with zero attached hydrogens (tertiary/aromatic N) is 3. The van der Waals surface area contributed by atoms with Crippen molar-refractivity contribution in [3.8, 4) is 10.4 Å². The van der Waals surface area contributed by atoms with Gasteiger partial charge < -0.3 is 0 Å². The summed E-state index contributed by atoms with van der Waals surface area (Å²) in [6, 6.07) is 14.1. The Hall–Kier alpha value is -2.70. The van der Waals surface area contributed by atoms with Crippen LogP contribution in [0.3, 0.4) is 0 Å². The van der Waals surface area contributed by atoms with Gasteiger partial charge in [-0.1, -0.05) is 54.2 Å². The Labute approximate surface area is 171 Å². The van der Waals surface area contributed by atoms with E-state index in [1.165, 1.54) is 0 Å². The average molecular weight is 406 g/mol. The lowest BCUT2D eigenvalue weighted by Gasteiger charge is -2.10. The van der Waals surface area contributed by atoms with Gasteiger partial charge in [-0.3, -0.25) is 14.3 Å². The van der Waals surface area contributed by atoms with E-state index in [1.54, 1.807) is 39.9 Å². The van der Waals surface area contributed by atoms with Crippen LogP contribution < -0.4 is 5.56 Å². The molecule has 0 aliphatic rings. The number of hydrogen-bond acceptors (Lipinski definition) is 5. The second-order valence-electron chi connectivity index (χ2n) is 6.35. The molecule has 0 unspecified atom stereocenters. The van der Waals surface area contributed by atoms with Crippen LogP contribution >= 0.6 is 23.1 Å². The summed E-state index contributed by atoms with van der Waals surface area (Å²) in [6.07, 6.45) is 5.33. The van der Waals surface area contributed by atoms with Gasteiger partial charge in [-0.2, -0.15) is 0 Å². The molecule has 0 saturated heterocycles. The lowest BCUT2D eigenvalue weighted by Crippen LogP contribution is -2.22. The zero-order valence-electron chi connectivity index (χ0n) is 15.5. The molecule has 3 aromatic heterocycles. The topological polar surface area (TPSA) is 47.8 Å². The first kappa shape index (κ1) is 18.7. The smallest absolute Gasteiger partial charge is 0.263 e. The number of pyridine rings is 1. The third-order valence-corrected chi connectivity index (χ3v) is 6.74. The summed E-state index contributed by atoms with van der Waals surface area (Å²) in [4.78, 5) is 24.2. The predicted molar refractivity (Wildman–Crippen MR) is 118 cm³/mol. The molecule has 28 heavy (non-hydrogen) atoms. The van der Waals surface area contributed by atoms with Crippen LogP contribution in [0.2, 0.25) is 0 Å². The van der Waals surface area contributed by atoms with Crippen molar-refractivity contribution in [3.05, 3.63) is 89.0 Å². The fourth-order valence-electron chi connectivity index (χ4n) is 3.09. The Bertz CT molecular complexity index is 1180. The van der Waals surface area contributed by atoms with Crippen LogP contribution in [0.5, 0.6) is 0 Å². The summed E-state index contributed by atoms with van der Waals surface area (Å²) in [5.41, 5.74) is 3.20. The largest absolute Gasteiger partial charge is 0.283 e. The monoisotopic (exact) mass is 405 g/mol. The third kappa shape index (κ3) is 3.53. The van der Waals surface area contributed by atoms with Gasteiger partial charge in [-0.15, -0.1) is 17.9 Å². The molecular weight excluding hydrogens is 386 g/mol. The number of hydrogen-bond donors (Lipinski definition) is 0. The molecule has 4 nitrogen and oxygen atoms in total. The van der Waals surface area contributed by atoms with Gasteiger partial charge >= 0.3 is 0 Å². The summed E-state index contributed by atoms with van der Waals surface area (Å²) in [7, 11) is 0. The second kappa shape index (κ2) is 8.12. The molecule has 0 N–H and O–H groups in total. The average Bonchev–Trinajstić information content (AvgIpc) is 3.07. The molecule has 0 atom stereocenters. The maximum Gasteiger partial charge on any atom is 0.263 e. The molecule has 0 saturated carbocycles. The van der Waals surface area contributed by atoms with E-state index in [9.17, 15) is 4.79 Å². The van der Waals surface area contributed by atoms with Crippen molar-refractivity contribution in [3.63, 3.8) is 0 Å². The number of allylic oxidation sites excluding steroid dienone is 1. The van der Waals surface area contributed by atoms with Crippen molar-refractivity contribution < 1.29 is 0 Å². The van der Waals surface area contributed by atoms with E-state index >= 15 is 0 Å². The van der Waals surface area contributed by atoms with Crippen molar-refractivity contribution in [2.75, 3.05) is 0 Å². The summed E-state index contributed by atoms with van der Waals surface area (Å²) < 4.78 is 1.71. The zero-order valence-corrected chi connectivity index (χ0v) is 17.1. The minimum absolute atomic E-state index is 0.00508. The van der Waals surface area contributed by atoms with Crippen LogP contribution in [0.4, 0.5) is 0 Å². The third-order valence-electron chi connectivity index (χ3n) is 4.45. The number of aryl methyl sites for hydroxylation is 1. The molecule has 0 aliphatic heterocycles. The number of rotatable bonds is 6. The maximum atomic E-state index is 13.3. The van der Waals surface area contributed by atoms with Gasteiger partial charge in [-0.05, 0) is 29.7 Å². The molecule has 6 heteroatoms. The Balaban J connectivity index is 1.82. The van der Waals surface area contributed by atoms with E-state index in [0.29, 0.717) is 22.8 Å². The molecule has 4 rings (SSSR count). The molecule has 3 heterocycles. The van der Waals surface area contributed by atoms with Crippen LogP contribution in [0.15, 0.2) is 77.5 Å². The van der Waals surface area contributed by atoms with Gasteiger partial charge in [0.25, 0.3) is 5.56 Å². The highest BCUT2D eigenvalue weighted by atomic mass is 32.2. The number of fused-ring (bicyclic) bond motifs is 1. The molecular formula is C22H19N3OS2. The van der Waals surface area contributed by atoms with E-state index in [0.717, 1.165) is 26.4 Å². The van der Waals surface area contributed by atoms with Gasteiger partial charge in [0, 0.05) is 29.6 Å². The number of thiophene rings is 1. The summed E-state index contributed by atoms with van der Waals surface area (Å²) in [5.74, 6) is 0.707. The quantitative estimate of drug-likeness (QED) is 0.248. The molecule has 4 aromatic rings. The van der Waals surface area contributed by atoms with Gasteiger partial charge in [0.15, 0.2) is 5.16 Å². The first-order valence-corrected chi connectivity index (χ1v) is 10.7. The SMILES string of the molecule is C=CCn1c(SCc2cccnc2)nc2sc(-c3ccccc3)c(C)c2c1=O. The Kier molecular flexibility index (Phi) is 5.41. The van der Waals surface area contributed by atoms with E-state index in [4.69, 9.17) is 4.98 Å². The Morgan fingerprint density at radius 3 is 2.75 bits per heavy atom. The molecule has 0 fully saturated rings. The Morgan fingerprint density at radius 1 is 1.21 bits per heavy atom. The van der Waals surface area contributed by atoms with Crippen molar-refractivity contribution in [1.29, 1.82) is 0 Å². The summed E-state index contributed by atoms with van der Waals surface area (Å²) in [6.45, 7) is 6.25. The fraction of sp³-hybridized carbons (Fsp3) is 0.136. The molecule has 1 aromatic carbocycles. The van der Waals surface area contributed by atoms with Gasteiger partial charge in [0.2, 0.25) is 0 Å². The molecule has 0 amide bonds. The Morgan fingerprint density at radius 2 is 2.04 bits per heavy atom. The normalized spacial score (nSPS) is 11.0. The lowest BCUT2D eigenvalue weighted by atomic mass is 10.1. The molecule has 0 aliphatic carbocycles. The minimum atomic E-state index is -0.00508. The zero-order chi connectivity index (χ0) is 19.5. The number of benzene rings is 1. The van der Waals surface area contributed by atoms with Crippen molar-refractivity contribution in [1.82, 2.24) is 14.5 Å². The minimum Gasteiger partial charge on any atom is -0.283 e. The van der Waals surface area contributed by atoms with Crippen molar-refractivity contribution in [2.45, 2.75) is 24.4 Å². The highest BCUT2D eigenvalue weighted by Gasteiger charge is 2.18. The van der Waals surface area contributed by atoms with Crippen LogP contribution in [-0.2, 0) is 12.3 Å². The van der Waals surface area contributed by atoms with Gasteiger partial charge in [0.1, 0.15) is 4.83 Å². The lowest BCUT2D eigenvalue weighted by molar-refractivity contribution is 0.672. The van der Waals surface area contributed by atoms with Crippen LogP contribution in [0, 0.1) is 6.92 Å². The highest BCUT2D eigenvalue weighted by molar-refractivity contribution is 7.98. The second-order valence-corrected chi connectivity index (χ2v) is 8.29. The van der Waals surface area contributed by atoms with Crippen LogP contribution in [0.1, 0.15) is 11.1 Å². The van der Waals surface area contributed by atoms with E-state index in [1.807, 2.05) is 43.5 Å². The number of thioether (sulfide) groups is 1. The van der Waals surface area contributed by atoms with Crippen molar-refractivity contribution in [2.24, 2.45) is 0 Å². The van der Waals surface area contributed by atoms with Gasteiger partial charge in [-0.25, -0.2) is 4.98 Å². The van der Waals surface area contributed by atoms with E-state index in [-0.39, 0.29) is 5.56 Å². The van der Waals surface area contributed by atoms with E-state index < -0.39 is 0 Å². The summed E-state index contributed by atoms with van der Waals surface area (Å²) >= 11 is 3.13. The van der Waals surface area contributed by atoms with Crippen LogP contribution in [-0.4, -0.2) is 14.5 Å². The molecule has 140 valence electrons.